The molecule has 3 rings (SSSR count). The van der Waals surface area contributed by atoms with Crippen molar-refractivity contribution < 1.29 is 0 Å². The second-order valence-corrected chi connectivity index (χ2v) is 5.87. The van der Waals surface area contributed by atoms with Gasteiger partial charge in [-0.3, -0.25) is 0 Å². The highest BCUT2D eigenvalue weighted by Gasteiger charge is 2.23. The van der Waals surface area contributed by atoms with Gasteiger partial charge in [0.15, 0.2) is 0 Å². The molecule has 5 nitrogen and oxygen atoms in total. The van der Waals surface area contributed by atoms with E-state index in [1.807, 2.05) is 10.7 Å². The largest absolute Gasteiger partial charge is 0.354 e. The molecule has 0 aliphatic carbocycles. The van der Waals surface area contributed by atoms with Crippen LogP contribution in [0.5, 0.6) is 0 Å². The van der Waals surface area contributed by atoms with E-state index >= 15 is 0 Å². The Bertz CT molecular complexity index is 559. The first-order valence-corrected chi connectivity index (χ1v) is 7.31. The van der Waals surface area contributed by atoms with Gasteiger partial charge in [0.05, 0.1) is 15.5 Å². The summed E-state index contributed by atoms with van der Waals surface area (Å²) < 4.78 is 2.86. The van der Waals surface area contributed by atoms with Gasteiger partial charge in [0.1, 0.15) is 18.5 Å². The number of piperidine rings is 1. The summed E-state index contributed by atoms with van der Waals surface area (Å²) in [5.74, 6) is 0.939. The summed E-state index contributed by atoms with van der Waals surface area (Å²) in [5.41, 5.74) is 0. The lowest BCUT2D eigenvalue weighted by atomic mass is 10.1. The summed E-state index contributed by atoms with van der Waals surface area (Å²) in [6.07, 6.45) is 7.26. The average Bonchev–Trinajstić information content (AvgIpc) is 2.93. The zero-order chi connectivity index (χ0) is 13.2. The number of hydrogen-bond donors (Lipinski definition) is 0. The average molecular weight is 343 g/mol. The van der Waals surface area contributed by atoms with E-state index in [9.17, 15) is 0 Å². The Labute approximate surface area is 124 Å². The van der Waals surface area contributed by atoms with Crippen LogP contribution in [-0.4, -0.2) is 32.8 Å². The van der Waals surface area contributed by atoms with E-state index in [4.69, 9.17) is 11.6 Å². The molecule has 3 heterocycles. The fourth-order valence-electron chi connectivity index (χ4n) is 2.41. The van der Waals surface area contributed by atoms with Gasteiger partial charge >= 0.3 is 0 Å². The van der Waals surface area contributed by atoms with Gasteiger partial charge in [0.2, 0.25) is 0 Å². The Hall–Kier alpha value is -1.14. The minimum absolute atomic E-state index is 0.348. The number of anilines is 1. The molecule has 1 atom stereocenters. The molecule has 1 aliphatic rings. The van der Waals surface area contributed by atoms with Crippen LogP contribution in [0.15, 0.2) is 29.4 Å². The van der Waals surface area contributed by atoms with Crippen molar-refractivity contribution in [1.82, 2.24) is 19.7 Å². The van der Waals surface area contributed by atoms with Crippen molar-refractivity contribution in [2.75, 3.05) is 18.0 Å². The minimum atomic E-state index is 0.348. The SMILES string of the molecule is Clc1cnc(N2CCC[C@@H](n3cncn3)C2)c(Br)c1. The molecule has 0 radical (unpaired) electrons. The van der Waals surface area contributed by atoms with E-state index in [1.165, 1.54) is 0 Å². The molecule has 7 heteroatoms. The Morgan fingerprint density at radius 1 is 1.42 bits per heavy atom. The van der Waals surface area contributed by atoms with Crippen LogP contribution < -0.4 is 4.90 Å². The molecule has 2 aromatic rings. The highest BCUT2D eigenvalue weighted by atomic mass is 79.9. The van der Waals surface area contributed by atoms with Gasteiger partial charge in [-0.25, -0.2) is 14.6 Å². The normalized spacial score (nSPS) is 19.7. The molecule has 0 amide bonds. The topological polar surface area (TPSA) is 46.8 Å². The van der Waals surface area contributed by atoms with Gasteiger partial charge in [-0.15, -0.1) is 0 Å². The van der Waals surface area contributed by atoms with Crippen molar-refractivity contribution in [2.24, 2.45) is 0 Å². The lowest BCUT2D eigenvalue weighted by molar-refractivity contribution is 0.374. The van der Waals surface area contributed by atoms with Crippen molar-refractivity contribution >= 4 is 33.3 Å². The van der Waals surface area contributed by atoms with Crippen LogP contribution in [0, 0.1) is 0 Å². The number of rotatable bonds is 2. The van der Waals surface area contributed by atoms with Crippen molar-refractivity contribution in [3.8, 4) is 0 Å². The molecule has 1 aliphatic heterocycles. The number of hydrogen-bond acceptors (Lipinski definition) is 4. The van der Waals surface area contributed by atoms with E-state index in [0.29, 0.717) is 11.1 Å². The predicted molar refractivity (Wildman–Crippen MR) is 77.5 cm³/mol. The minimum Gasteiger partial charge on any atom is -0.354 e. The quantitative estimate of drug-likeness (QED) is 0.842. The molecule has 0 spiro atoms. The molecule has 1 fully saturated rings. The van der Waals surface area contributed by atoms with Gasteiger partial charge in [0.25, 0.3) is 0 Å². The first kappa shape index (κ1) is 12.9. The molecule has 1 saturated heterocycles. The van der Waals surface area contributed by atoms with Crippen LogP contribution in [0.1, 0.15) is 18.9 Å². The fraction of sp³-hybridized carbons (Fsp3) is 0.417. The lowest BCUT2D eigenvalue weighted by Gasteiger charge is -2.33. The van der Waals surface area contributed by atoms with Gasteiger partial charge < -0.3 is 4.90 Å². The van der Waals surface area contributed by atoms with Gasteiger partial charge in [-0.05, 0) is 34.8 Å². The molecule has 0 unspecified atom stereocenters. The van der Waals surface area contributed by atoms with Crippen molar-refractivity contribution in [1.29, 1.82) is 0 Å². The third kappa shape index (κ3) is 2.74. The van der Waals surface area contributed by atoms with Crippen molar-refractivity contribution in [3.63, 3.8) is 0 Å². The van der Waals surface area contributed by atoms with E-state index in [2.05, 4.69) is 35.9 Å². The maximum Gasteiger partial charge on any atom is 0.143 e. The van der Waals surface area contributed by atoms with E-state index < -0.39 is 0 Å². The van der Waals surface area contributed by atoms with Crippen LogP contribution in [0.2, 0.25) is 5.02 Å². The molecule has 0 aromatic carbocycles. The van der Waals surface area contributed by atoms with E-state index in [0.717, 1.165) is 36.2 Å². The first-order valence-electron chi connectivity index (χ1n) is 6.14. The maximum absolute atomic E-state index is 5.93. The monoisotopic (exact) mass is 341 g/mol. The van der Waals surface area contributed by atoms with E-state index in [-0.39, 0.29) is 0 Å². The highest BCUT2D eigenvalue weighted by molar-refractivity contribution is 9.10. The van der Waals surface area contributed by atoms with Crippen LogP contribution >= 0.6 is 27.5 Å². The summed E-state index contributed by atoms with van der Waals surface area (Å²) in [6.45, 7) is 1.88. The number of pyridine rings is 1. The summed E-state index contributed by atoms with van der Waals surface area (Å²) >= 11 is 9.46. The van der Waals surface area contributed by atoms with Crippen molar-refractivity contribution in [3.05, 3.63) is 34.4 Å². The summed E-state index contributed by atoms with van der Waals surface area (Å²) in [7, 11) is 0. The van der Waals surface area contributed by atoms with Crippen LogP contribution in [0.3, 0.4) is 0 Å². The summed E-state index contributed by atoms with van der Waals surface area (Å²) in [5, 5.41) is 4.87. The second kappa shape index (κ2) is 5.46. The molecule has 0 bridgehead atoms. The predicted octanol–water partition coefficient (Wildman–Crippen LogP) is 2.93. The molecular formula is C12H13BrClN5. The van der Waals surface area contributed by atoms with Gasteiger partial charge in [-0.1, -0.05) is 11.6 Å². The molecule has 2 aromatic heterocycles. The molecular weight excluding hydrogens is 330 g/mol. The van der Waals surface area contributed by atoms with Crippen LogP contribution in [0.25, 0.3) is 0 Å². The van der Waals surface area contributed by atoms with E-state index in [1.54, 1.807) is 18.9 Å². The Kier molecular flexibility index (Phi) is 3.70. The van der Waals surface area contributed by atoms with Gasteiger partial charge in [0, 0.05) is 19.3 Å². The standard InChI is InChI=1S/C12H13BrClN5/c13-11-4-9(14)5-16-12(11)18-3-1-2-10(6-18)19-8-15-7-17-19/h4-5,7-8,10H,1-3,6H2/t10-/m1/s1. The second-order valence-electron chi connectivity index (χ2n) is 4.58. The number of aromatic nitrogens is 4. The number of halogens is 2. The Morgan fingerprint density at radius 2 is 2.32 bits per heavy atom. The number of nitrogens with zero attached hydrogens (tertiary/aromatic N) is 5. The third-order valence-electron chi connectivity index (χ3n) is 3.30. The van der Waals surface area contributed by atoms with Crippen LogP contribution in [0.4, 0.5) is 5.82 Å². The lowest BCUT2D eigenvalue weighted by Crippen LogP contribution is -2.37. The third-order valence-corrected chi connectivity index (χ3v) is 4.09. The first-order chi connectivity index (χ1) is 9.24. The maximum atomic E-state index is 5.93. The van der Waals surface area contributed by atoms with Gasteiger partial charge in [-0.2, -0.15) is 5.10 Å². The summed E-state index contributed by atoms with van der Waals surface area (Å²) in [6, 6.07) is 2.23. The molecule has 100 valence electrons. The zero-order valence-electron chi connectivity index (χ0n) is 10.2. The smallest absolute Gasteiger partial charge is 0.143 e. The molecule has 0 N–H and O–H groups in total. The zero-order valence-corrected chi connectivity index (χ0v) is 12.5. The van der Waals surface area contributed by atoms with Crippen molar-refractivity contribution in [2.45, 2.75) is 18.9 Å². The Morgan fingerprint density at radius 3 is 3.05 bits per heavy atom. The van der Waals surface area contributed by atoms with Crippen LogP contribution in [-0.2, 0) is 0 Å². The molecule has 19 heavy (non-hydrogen) atoms. The Balaban J connectivity index is 1.81. The summed E-state index contributed by atoms with van der Waals surface area (Å²) in [4.78, 5) is 10.7. The fourth-order valence-corrected chi connectivity index (χ4v) is 3.30. The highest BCUT2D eigenvalue weighted by Crippen LogP contribution is 2.30. The molecule has 0 saturated carbocycles.